The van der Waals surface area contributed by atoms with Gasteiger partial charge in [0.05, 0.1) is 11.3 Å². The highest BCUT2D eigenvalue weighted by Crippen LogP contribution is 2.20. The molecule has 0 unspecified atom stereocenters. The van der Waals surface area contributed by atoms with Crippen LogP contribution in [0.2, 0.25) is 5.02 Å². The molecule has 0 saturated carbocycles. The van der Waals surface area contributed by atoms with E-state index >= 15 is 0 Å². The molecule has 0 aliphatic carbocycles. The fourth-order valence-corrected chi connectivity index (χ4v) is 4.20. The van der Waals surface area contributed by atoms with Gasteiger partial charge < -0.3 is 5.32 Å². The Labute approximate surface area is 176 Å². The van der Waals surface area contributed by atoms with Crippen LogP contribution in [0, 0.1) is 0 Å². The summed E-state index contributed by atoms with van der Waals surface area (Å²) in [5, 5.41) is 3.29. The van der Waals surface area contributed by atoms with Crippen LogP contribution in [-0.2, 0) is 27.8 Å². The van der Waals surface area contributed by atoms with Gasteiger partial charge in [0.1, 0.15) is 0 Å². The number of rotatable bonds is 7. The fraction of sp³-hybridized carbons (Fsp3) is 0.136. The molecule has 0 fully saturated rings. The Balaban J connectivity index is 1.66. The summed E-state index contributed by atoms with van der Waals surface area (Å²) in [6.07, 6.45) is 0.138. The van der Waals surface area contributed by atoms with Crippen LogP contribution < -0.4 is 5.32 Å². The van der Waals surface area contributed by atoms with Crippen molar-refractivity contribution in [2.24, 2.45) is 0 Å². The summed E-state index contributed by atoms with van der Waals surface area (Å²) in [7, 11) is -2.09. The molecule has 29 heavy (non-hydrogen) atoms. The first-order chi connectivity index (χ1) is 13.9. The number of benzene rings is 3. The lowest BCUT2D eigenvalue weighted by atomic mass is 10.1. The molecule has 3 aromatic rings. The average molecular weight is 429 g/mol. The zero-order valence-corrected chi connectivity index (χ0v) is 17.5. The first kappa shape index (κ1) is 21.0. The fourth-order valence-electron chi connectivity index (χ4n) is 2.84. The molecule has 1 amide bonds. The predicted molar refractivity (Wildman–Crippen MR) is 115 cm³/mol. The van der Waals surface area contributed by atoms with Crippen molar-refractivity contribution < 1.29 is 13.2 Å². The number of hydrogen-bond acceptors (Lipinski definition) is 3. The van der Waals surface area contributed by atoms with Gasteiger partial charge in [0, 0.05) is 24.3 Å². The number of anilines is 1. The van der Waals surface area contributed by atoms with Crippen LogP contribution in [0.25, 0.3) is 0 Å². The maximum atomic E-state index is 12.8. The third-order valence-corrected chi connectivity index (χ3v) is 6.59. The van der Waals surface area contributed by atoms with Crippen molar-refractivity contribution in [1.29, 1.82) is 0 Å². The van der Waals surface area contributed by atoms with Crippen molar-refractivity contribution in [1.82, 2.24) is 4.31 Å². The molecule has 0 atom stereocenters. The molecule has 5 nitrogen and oxygen atoms in total. The Bertz CT molecular complexity index is 1080. The number of nitrogens with zero attached hydrogens (tertiary/aromatic N) is 1. The Kier molecular flexibility index (Phi) is 6.69. The number of hydrogen-bond donors (Lipinski definition) is 1. The summed E-state index contributed by atoms with van der Waals surface area (Å²) in [6, 6.07) is 22.7. The van der Waals surface area contributed by atoms with Gasteiger partial charge in [-0.1, -0.05) is 60.1 Å². The third kappa shape index (κ3) is 5.44. The normalized spacial score (nSPS) is 11.4. The van der Waals surface area contributed by atoms with E-state index in [1.54, 1.807) is 37.4 Å². The lowest BCUT2D eigenvalue weighted by Gasteiger charge is -2.17. The Morgan fingerprint density at radius 2 is 1.55 bits per heavy atom. The van der Waals surface area contributed by atoms with Gasteiger partial charge in [-0.15, -0.1) is 0 Å². The van der Waals surface area contributed by atoms with Crippen LogP contribution in [-0.4, -0.2) is 25.7 Å². The standard InChI is InChI=1S/C22H21ClN2O3S/c1-25(16-17-7-3-2-4-8-17)29(27,28)20-13-11-19(12-14-20)24-22(26)15-18-9-5-6-10-21(18)23/h2-14H,15-16H2,1H3,(H,24,26). The first-order valence-electron chi connectivity index (χ1n) is 9.00. The molecule has 0 saturated heterocycles. The van der Waals surface area contributed by atoms with Gasteiger partial charge in [0.25, 0.3) is 0 Å². The lowest BCUT2D eigenvalue weighted by molar-refractivity contribution is -0.115. The van der Waals surface area contributed by atoms with Crippen LogP contribution in [0.3, 0.4) is 0 Å². The van der Waals surface area contributed by atoms with Crippen molar-refractivity contribution in [2.75, 3.05) is 12.4 Å². The van der Waals surface area contributed by atoms with Crippen LogP contribution in [0.1, 0.15) is 11.1 Å². The smallest absolute Gasteiger partial charge is 0.243 e. The van der Waals surface area contributed by atoms with E-state index in [1.807, 2.05) is 36.4 Å². The monoisotopic (exact) mass is 428 g/mol. The largest absolute Gasteiger partial charge is 0.326 e. The van der Waals surface area contributed by atoms with Crippen molar-refractivity contribution in [3.05, 3.63) is 95.0 Å². The van der Waals surface area contributed by atoms with Crippen molar-refractivity contribution in [3.8, 4) is 0 Å². The summed E-state index contributed by atoms with van der Waals surface area (Å²) in [4.78, 5) is 12.4. The van der Waals surface area contributed by atoms with E-state index in [9.17, 15) is 13.2 Å². The topological polar surface area (TPSA) is 66.5 Å². The average Bonchev–Trinajstić information content (AvgIpc) is 2.71. The van der Waals surface area contributed by atoms with Gasteiger partial charge in [-0.3, -0.25) is 4.79 Å². The second-order valence-corrected chi connectivity index (χ2v) is 9.04. The Hall–Kier alpha value is -2.67. The minimum absolute atomic E-state index is 0.138. The predicted octanol–water partition coefficient (Wildman–Crippen LogP) is 4.34. The highest BCUT2D eigenvalue weighted by atomic mass is 35.5. The zero-order valence-electron chi connectivity index (χ0n) is 15.9. The van der Waals surface area contributed by atoms with E-state index in [0.717, 1.165) is 11.1 Å². The van der Waals surface area contributed by atoms with E-state index in [4.69, 9.17) is 11.6 Å². The van der Waals surface area contributed by atoms with E-state index in [-0.39, 0.29) is 23.8 Å². The quantitative estimate of drug-likeness (QED) is 0.608. The first-order valence-corrected chi connectivity index (χ1v) is 10.8. The number of carbonyl (C=O) groups excluding carboxylic acids is 1. The van der Waals surface area contributed by atoms with Gasteiger partial charge in [0.15, 0.2) is 0 Å². The second kappa shape index (κ2) is 9.22. The molecule has 0 aromatic heterocycles. The van der Waals surface area contributed by atoms with Gasteiger partial charge in [-0.05, 0) is 41.5 Å². The SMILES string of the molecule is CN(Cc1ccccc1)S(=O)(=O)c1ccc(NC(=O)Cc2ccccc2Cl)cc1. The molecule has 3 aromatic carbocycles. The van der Waals surface area contributed by atoms with E-state index < -0.39 is 10.0 Å². The molecule has 0 spiro atoms. The molecular formula is C22H21ClN2O3S. The number of carbonyl (C=O) groups is 1. The maximum Gasteiger partial charge on any atom is 0.243 e. The molecular weight excluding hydrogens is 408 g/mol. The van der Waals surface area contributed by atoms with Crippen LogP contribution in [0.5, 0.6) is 0 Å². The summed E-state index contributed by atoms with van der Waals surface area (Å²) >= 11 is 6.08. The zero-order chi connectivity index (χ0) is 20.9. The van der Waals surface area contributed by atoms with Crippen molar-refractivity contribution >= 4 is 33.2 Å². The second-order valence-electron chi connectivity index (χ2n) is 6.59. The van der Waals surface area contributed by atoms with Gasteiger partial charge in [-0.25, -0.2) is 8.42 Å². The number of amides is 1. The van der Waals surface area contributed by atoms with Gasteiger partial charge in [-0.2, -0.15) is 4.31 Å². The highest BCUT2D eigenvalue weighted by Gasteiger charge is 2.21. The van der Waals surface area contributed by atoms with E-state index in [1.165, 1.54) is 16.4 Å². The minimum atomic E-state index is -3.63. The summed E-state index contributed by atoms with van der Waals surface area (Å²) in [5.41, 5.74) is 2.15. The summed E-state index contributed by atoms with van der Waals surface area (Å²) in [5.74, 6) is -0.227. The van der Waals surface area contributed by atoms with Crippen LogP contribution in [0.4, 0.5) is 5.69 Å². The molecule has 7 heteroatoms. The third-order valence-electron chi connectivity index (χ3n) is 4.40. The van der Waals surface area contributed by atoms with Gasteiger partial charge in [0.2, 0.25) is 15.9 Å². The molecule has 0 aliphatic rings. The molecule has 0 bridgehead atoms. The molecule has 150 valence electrons. The Morgan fingerprint density at radius 3 is 2.21 bits per heavy atom. The molecule has 0 radical (unpaired) electrons. The van der Waals surface area contributed by atoms with Crippen molar-refractivity contribution in [2.45, 2.75) is 17.9 Å². The number of nitrogens with one attached hydrogen (secondary N) is 1. The molecule has 0 heterocycles. The summed E-state index contributed by atoms with van der Waals surface area (Å²) < 4.78 is 26.8. The van der Waals surface area contributed by atoms with Crippen LogP contribution >= 0.6 is 11.6 Å². The number of halogens is 1. The minimum Gasteiger partial charge on any atom is -0.326 e. The summed E-state index contributed by atoms with van der Waals surface area (Å²) in [6.45, 7) is 0.277. The maximum absolute atomic E-state index is 12.8. The van der Waals surface area contributed by atoms with Crippen LogP contribution in [0.15, 0.2) is 83.8 Å². The van der Waals surface area contributed by atoms with E-state index in [2.05, 4.69) is 5.32 Å². The highest BCUT2D eigenvalue weighted by molar-refractivity contribution is 7.89. The lowest BCUT2D eigenvalue weighted by Crippen LogP contribution is -2.26. The molecule has 3 rings (SSSR count). The van der Waals surface area contributed by atoms with E-state index in [0.29, 0.717) is 10.7 Å². The van der Waals surface area contributed by atoms with Crippen molar-refractivity contribution in [3.63, 3.8) is 0 Å². The molecule has 1 N–H and O–H groups in total. The molecule has 0 aliphatic heterocycles. The van der Waals surface area contributed by atoms with Gasteiger partial charge >= 0.3 is 0 Å². The Morgan fingerprint density at radius 1 is 0.931 bits per heavy atom. The number of sulfonamides is 1.